The molecule has 1 atom stereocenters. The van der Waals surface area contributed by atoms with Crippen LogP contribution in [0.4, 0.5) is 0 Å². The molecule has 0 saturated heterocycles. The zero-order chi connectivity index (χ0) is 13.4. The molecule has 0 aliphatic rings. The summed E-state index contributed by atoms with van der Waals surface area (Å²) in [7, 11) is 0. The third kappa shape index (κ3) is 6.34. The standard InChI is InChI=1S/C11H18N2O4/c1-5-17-11(16)8(4)13-9(14)6-12-10(15)7(2)3/h8H,2,5-6H2,1,3-4H3,(H,12,15)(H,13,14)/t8-/m0/s1. The highest BCUT2D eigenvalue weighted by atomic mass is 16.5. The molecule has 0 heterocycles. The van der Waals surface area contributed by atoms with Crippen molar-refractivity contribution in [2.45, 2.75) is 26.8 Å². The van der Waals surface area contributed by atoms with Crippen LogP contribution in [0.1, 0.15) is 20.8 Å². The minimum Gasteiger partial charge on any atom is -0.464 e. The fourth-order valence-corrected chi connectivity index (χ4v) is 0.930. The van der Waals surface area contributed by atoms with Crippen LogP contribution >= 0.6 is 0 Å². The first-order chi connectivity index (χ1) is 7.88. The van der Waals surface area contributed by atoms with Gasteiger partial charge in [-0.3, -0.25) is 9.59 Å². The Bertz CT molecular complexity index is 325. The Morgan fingerprint density at radius 3 is 2.41 bits per heavy atom. The molecule has 0 aromatic carbocycles. The number of hydrogen-bond donors (Lipinski definition) is 2. The van der Waals surface area contributed by atoms with E-state index in [0.717, 1.165) is 0 Å². The van der Waals surface area contributed by atoms with Gasteiger partial charge in [-0.05, 0) is 20.8 Å². The lowest BCUT2D eigenvalue weighted by atomic mass is 10.3. The molecule has 0 aromatic rings. The minimum absolute atomic E-state index is 0.199. The Labute approximate surface area is 100 Å². The molecule has 0 fully saturated rings. The molecule has 0 unspecified atom stereocenters. The van der Waals surface area contributed by atoms with Crippen LogP contribution in [0, 0.1) is 0 Å². The maximum Gasteiger partial charge on any atom is 0.328 e. The summed E-state index contributed by atoms with van der Waals surface area (Å²) in [6, 6.07) is -0.732. The smallest absolute Gasteiger partial charge is 0.328 e. The van der Waals surface area contributed by atoms with E-state index < -0.39 is 23.8 Å². The summed E-state index contributed by atoms with van der Waals surface area (Å²) >= 11 is 0. The Kier molecular flexibility index (Phi) is 6.62. The highest BCUT2D eigenvalue weighted by Gasteiger charge is 2.16. The average Bonchev–Trinajstić information content (AvgIpc) is 2.25. The highest BCUT2D eigenvalue weighted by Crippen LogP contribution is 1.88. The van der Waals surface area contributed by atoms with Crippen molar-refractivity contribution in [2.24, 2.45) is 0 Å². The average molecular weight is 242 g/mol. The minimum atomic E-state index is -0.732. The summed E-state index contributed by atoms with van der Waals surface area (Å²) < 4.78 is 4.71. The monoisotopic (exact) mass is 242 g/mol. The van der Waals surface area contributed by atoms with Crippen molar-refractivity contribution in [3.8, 4) is 0 Å². The van der Waals surface area contributed by atoms with E-state index in [2.05, 4.69) is 17.2 Å². The van der Waals surface area contributed by atoms with Gasteiger partial charge < -0.3 is 15.4 Å². The first kappa shape index (κ1) is 15.2. The lowest BCUT2D eigenvalue weighted by molar-refractivity contribution is -0.146. The molecule has 0 spiro atoms. The van der Waals surface area contributed by atoms with E-state index in [4.69, 9.17) is 4.74 Å². The van der Waals surface area contributed by atoms with Gasteiger partial charge in [0.2, 0.25) is 11.8 Å². The normalized spacial score (nSPS) is 11.2. The summed E-state index contributed by atoms with van der Waals surface area (Å²) in [4.78, 5) is 33.6. The van der Waals surface area contributed by atoms with Crippen LogP contribution in [0.5, 0.6) is 0 Å². The molecule has 6 heteroatoms. The SMILES string of the molecule is C=C(C)C(=O)NCC(=O)N[C@@H](C)C(=O)OCC. The van der Waals surface area contributed by atoms with E-state index in [0.29, 0.717) is 5.57 Å². The quantitative estimate of drug-likeness (QED) is 0.496. The number of carbonyl (C=O) groups is 3. The zero-order valence-corrected chi connectivity index (χ0v) is 10.3. The van der Waals surface area contributed by atoms with Crippen LogP contribution in [-0.4, -0.2) is 37.0 Å². The molecule has 17 heavy (non-hydrogen) atoms. The number of rotatable bonds is 6. The maximum absolute atomic E-state index is 11.3. The van der Waals surface area contributed by atoms with Crippen LogP contribution in [-0.2, 0) is 19.1 Å². The summed E-state index contributed by atoms with van der Waals surface area (Å²) in [5, 5.41) is 4.76. The van der Waals surface area contributed by atoms with Gasteiger partial charge >= 0.3 is 5.97 Å². The molecule has 0 radical (unpaired) electrons. The van der Waals surface area contributed by atoms with Crippen molar-refractivity contribution in [3.63, 3.8) is 0 Å². The second-order valence-electron chi connectivity index (χ2n) is 3.50. The maximum atomic E-state index is 11.3. The van der Waals surface area contributed by atoms with Crippen molar-refractivity contribution in [1.29, 1.82) is 0 Å². The van der Waals surface area contributed by atoms with E-state index in [1.807, 2.05) is 0 Å². The Hall–Kier alpha value is -1.85. The van der Waals surface area contributed by atoms with Gasteiger partial charge in [0.05, 0.1) is 13.2 Å². The van der Waals surface area contributed by atoms with E-state index in [-0.39, 0.29) is 13.2 Å². The van der Waals surface area contributed by atoms with Gasteiger partial charge in [-0.25, -0.2) is 4.79 Å². The van der Waals surface area contributed by atoms with Crippen LogP contribution in [0.25, 0.3) is 0 Å². The van der Waals surface area contributed by atoms with Gasteiger partial charge in [-0.1, -0.05) is 6.58 Å². The van der Waals surface area contributed by atoms with E-state index in [1.54, 1.807) is 6.92 Å². The van der Waals surface area contributed by atoms with Crippen molar-refractivity contribution >= 4 is 17.8 Å². The van der Waals surface area contributed by atoms with E-state index in [1.165, 1.54) is 13.8 Å². The number of ether oxygens (including phenoxy) is 1. The number of esters is 1. The van der Waals surface area contributed by atoms with Gasteiger partial charge in [0, 0.05) is 5.57 Å². The number of hydrogen-bond acceptors (Lipinski definition) is 4. The van der Waals surface area contributed by atoms with Crippen molar-refractivity contribution < 1.29 is 19.1 Å². The largest absolute Gasteiger partial charge is 0.464 e. The second kappa shape index (κ2) is 7.43. The topological polar surface area (TPSA) is 84.5 Å². The fraction of sp³-hybridized carbons (Fsp3) is 0.545. The molecule has 0 rings (SSSR count). The third-order valence-electron chi connectivity index (χ3n) is 1.81. The molecule has 0 aliphatic carbocycles. The number of nitrogens with one attached hydrogen (secondary N) is 2. The molecule has 0 aromatic heterocycles. The first-order valence-electron chi connectivity index (χ1n) is 5.28. The zero-order valence-electron chi connectivity index (χ0n) is 10.3. The number of amides is 2. The van der Waals surface area contributed by atoms with E-state index in [9.17, 15) is 14.4 Å². The fourth-order valence-electron chi connectivity index (χ4n) is 0.930. The molecule has 0 aliphatic heterocycles. The lowest BCUT2D eigenvalue weighted by Crippen LogP contribution is -2.44. The van der Waals surface area contributed by atoms with Gasteiger partial charge in [-0.15, -0.1) is 0 Å². The predicted molar refractivity (Wildman–Crippen MR) is 62.1 cm³/mol. The molecule has 6 nitrogen and oxygen atoms in total. The Balaban J connectivity index is 3.98. The molecule has 0 bridgehead atoms. The first-order valence-corrected chi connectivity index (χ1v) is 5.28. The highest BCUT2D eigenvalue weighted by molar-refractivity contribution is 5.95. The Morgan fingerprint density at radius 1 is 1.35 bits per heavy atom. The van der Waals surface area contributed by atoms with Gasteiger partial charge in [0.25, 0.3) is 0 Å². The van der Waals surface area contributed by atoms with Crippen molar-refractivity contribution in [3.05, 3.63) is 12.2 Å². The third-order valence-corrected chi connectivity index (χ3v) is 1.81. The van der Waals surface area contributed by atoms with Crippen LogP contribution in [0.15, 0.2) is 12.2 Å². The molecule has 2 N–H and O–H groups in total. The van der Waals surface area contributed by atoms with E-state index >= 15 is 0 Å². The molecule has 2 amide bonds. The second-order valence-corrected chi connectivity index (χ2v) is 3.50. The molecule has 96 valence electrons. The Morgan fingerprint density at radius 2 is 1.94 bits per heavy atom. The summed E-state index contributed by atoms with van der Waals surface area (Å²) in [6.45, 7) is 8.21. The lowest BCUT2D eigenvalue weighted by Gasteiger charge is -2.12. The summed E-state index contributed by atoms with van der Waals surface area (Å²) in [5.41, 5.74) is 0.316. The van der Waals surface area contributed by atoms with Crippen LogP contribution < -0.4 is 10.6 Å². The molecule has 0 saturated carbocycles. The molecular formula is C11H18N2O4. The van der Waals surface area contributed by atoms with Crippen LogP contribution in [0.2, 0.25) is 0 Å². The van der Waals surface area contributed by atoms with Gasteiger partial charge in [-0.2, -0.15) is 0 Å². The van der Waals surface area contributed by atoms with Gasteiger partial charge in [0.1, 0.15) is 6.04 Å². The van der Waals surface area contributed by atoms with Crippen molar-refractivity contribution in [2.75, 3.05) is 13.2 Å². The number of carbonyl (C=O) groups excluding carboxylic acids is 3. The summed E-state index contributed by atoms with van der Waals surface area (Å²) in [6.07, 6.45) is 0. The van der Waals surface area contributed by atoms with Crippen LogP contribution in [0.3, 0.4) is 0 Å². The summed E-state index contributed by atoms with van der Waals surface area (Å²) in [5.74, 6) is -1.36. The predicted octanol–water partition coefficient (Wildman–Crippen LogP) is -0.253. The van der Waals surface area contributed by atoms with Gasteiger partial charge in [0.15, 0.2) is 0 Å². The van der Waals surface area contributed by atoms with Crippen molar-refractivity contribution in [1.82, 2.24) is 10.6 Å². The molecular weight excluding hydrogens is 224 g/mol.